The molecule has 0 N–H and O–H groups in total. The molecule has 0 aliphatic rings. The van der Waals surface area contributed by atoms with Gasteiger partial charge in [0.25, 0.3) is 0 Å². The van der Waals surface area contributed by atoms with E-state index in [9.17, 15) is 0 Å². The Morgan fingerprint density at radius 3 is 0.806 bits per heavy atom. The predicted octanol–water partition coefficient (Wildman–Crippen LogP) is 17.0. The van der Waals surface area contributed by atoms with Crippen LogP contribution in [-0.2, 0) is 0 Å². The lowest BCUT2D eigenvalue weighted by Crippen LogP contribution is -2.10. The molecule has 0 amide bonds. The molecule has 8 rings (SSSR count). The van der Waals surface area contributed by atoms with Crippen LogP contribution in [0.1, 0.15) is 44.5 Å². The van der Waals surface area contributed by atoms with Gasteiger partial charge in [-0.15, -0.1) is 0 Å². The second-order valence-corrected chi connectivity index (χ2v) is 16.1. The summed E-state index contributed by atoms with van der Waals surface area (Å²) in [5.41, 5.74) is 20.2. The summed E-state index contributed by atoms with van der Waals surface area (Å²) >= 11 is 0. The summed E-state index contributed by atoms with van der Waals surface area (Å²) < 4.78 is 0. The van der Waals surface area contributed by atoms with E-state index in [1.807, 2.05) is 0 Å². The van der Waals surface area contributed by atoms with Gasteiger partial charge in [-0.2, -0.15) is 0 Å². The minimum Gasteiger partial charge on any atom is -0.311 e. The molecule has 0 bridgehead atoms. The predicted molar refractivity (Wildman–Crippen MR) is 269 cm³/mol. The molecule has 0 aliphatic carbocycles. The Hall–Kier alpha value is -7.68. The lowest BCUT2D eigenvalue weighted by atomic mass is 10.0. The molecule has 0 aromatic heterocycles. The molecule has 302 valence electrons. The van der Waals surface area contributed by atoms with Gasteiger partial charge in [0.05, 0.1) is 0 Å². The number of aryl methyl sites for hydroxylation is 4. The van der Waals surface area contributed by atoms with Gasteiger partial charge in [0, 0.05) is 34.1 Å². The van der Waals surface area contributed by atoms with Crippen molar-refractivity contribution in [1.82, 2.24) is 0 Å². The van der Waals surface area contributed by atoms with Crippen LogP contribution in [0, 0.1) is 27.7 Å². The maximum absolute atomic E-state index is 4.36. The first-order valence-corrected chi connectivity index (χ1v) is 21.2. The zero-order valence-corrected chi connectivity index (χ0v) is 36.1. The third-order valence-electron chi connectivity index (χ3n) is 11.3. The number of hydrogen-bond donors (Lipinski definition) is 0. The molecule has 0 fully saturated rings. The third-order valence-corrected chi connectivity index (χ3v) is 11.3. The fourth-order valence-corrected chi connectivity index (χ4v) is 7.48. The first kappa shape index (κ1) is 41.1. The highest BCUT2D eigenvalue weighted by Gasteiger charge is 2.15. The molecule has 0 unspecified atom stereocenters. The Bertz CT molecular complexity index is 2620. The van der Waals surface area contributed by atoms with Crippen molar-refractivity contribution in [2.75, 3.05) is 9.80 Å². The molecule has 0 saturated heterocycles. The summed E-state index contributed by atoms with van der Waals surface area (Å²) in [5.74, 6) is 0. The van der Waals surface area contributed by atoms with Crippen LogP contribution in [0.25, 0.3) is 34.4 Å². The Balaban J connectivity index is 1.03. The average Bonchev–Trinajstić information content (AvgIpc) is 3.31. The summed E-state index contributed by atoms with van der Waals surface area (Å²) in [6.45, 7) is 17.2. The molecular weight excluding hydrogens is 749 g/mol. The normalized spacial score (nSPS) is 11.2. The Morgan fingerprint density at radius 1 is 0.306 bits per heavy atom. The van der Waals surface area contributed by atoms with Crippen molar-refractivity contribution in [2.45, 2.75) is 27.7 Å². The van der Waals surface area contributed by atoms with E-state index < -0.39 is 0 Å². The van der Waals surface area contributed by atoms with Crippen LogP contribution in [-0.4, -0.2) is 0 Å². The van der Waals surface area contributed by atoms with Gasteiger partial charge >= 0.3 is 0 Å². The van der Waals surface area contributed by atoms with Gasteiger partial charge in [-0.25, -0.2) is 0 Å². The number of anilines is 6. The van der Waals surface area contributed by atoms with Crippen molar-refractivity contribution in [3.63, 3.8) is 0 Å². The topological polar surface area (TPSA) is 6.48 Å². The van der Waals surface area contributed by atoms with Gasteiger partial charge in [0.15, 0.2) is 0 Å². The Labute approximate surface area is 368 Å². The molecule has 0 radical (unpaired) electrons. The molecule has 0 heterocycles. The van der Waals surface area contributed by atoms with E-state index in [1.54, 1.807) is 0 Å². The molecule has 8 aromatic rings. The van der Waals surface area contributed by atoms with Gasteiger partial charge in [0.2, 0.25) is 0 Å². The molecule has 0 spiro atoms. The smallest absolute Gasteiger partial charge is 0.0462 e. The zero-order valence-electron chi connectivity index (χ0n) is 36.1. The van der Waals surface area contributed by atoms with Crippen molar-refractivity contribution in [2.24, 2.45) is 0 Å². The van der Waals surface area contributed by atoms with Gasteiger partial charge in [-0.05, 0) is 145 Å². The van der Waals surface area contributed by atoms with Crippen molar-refractivity contribution >= 4 is 57.4 Å². The van der Waals surface area contributed by atoms with Gasteiger partial charge in [-0.3, -0.25) is 0 Å². The van der Waals surface area contributed by atoms with Crippen LogP contribution >= 0.6 is 0 Å². The zero-order chi connectivity index (χ0) is 43.0. The van der Waals surface area contributed by atoms with E-state index >= 15 is 0 Å². The van der Waals surface area contributed by atoms with Crippen LogP contribution in [0.5, 0.6) is 0 Å². The largest absolute Gasteiger partial charge is 0.311 e. The van der Waals surface area contributed by atoms with E-state index in [1.165, 1.54) is 22.3 Å². The Kier molecular flexibility index (Phi) is 12.4. The van der Waals surface area contributed by atoms with Crippen molar-refractivity contribution in [3.05, 3.63) is 264 Å². The molecular formula is C60H52N2. The minimum atomic E-state index is 0.971. The number of allylic oxidation sites excluding steroid dienone is 4. The highest BCUT2D eigenvalue weighted by atomic mass is 15.1. The van der Waals surface area contributed by atoms with Crippen LogP contribution < -0.4 is 9.80 Å². The highest BCUT2D eigenvalue weighted by molar-refractivity contribution is 5.84. The van der Waals surface area contributed by atoms with Crippen LogP contribution in [0.15, 0.2) is 219 Å². The maximum Gasteiger partial charge on any atom is 0.0462 e. The standard InChI is InChI=1S/C60H52N2/c1-43-7-17-49(18-8-43)21-15-47(5)51-23-35-57(36-24-51)61(55-31-11-45(3)12-32-55)59-39-27-53(28-40-59)54-29-41-60(42-30-54)62(56-33-13-46(4)14-34-56)58-37-25-52(26-38-58)48(6)16-22-50-19-9-44(2)10-20-50/h7-42H,5-6H2,1-4H3. The molecule has 0 aliphatic heterocycles. The second kappa shape index (κ2) is 18.7. The first-order valence-electron chi connectivity index (χ1n) is 21.2. The molecule has 8 aromatic carbocycles. The average molecular weight is 801 g/mol. The van der Waals surface area contributed by atoms with E-state index in [0.29, 0.717) is 0 Å². The van der Waals surface area contributed by atoms with Gasteiger partial charge in [0.1, 0.15) is 0 Å². The van der Waals surface area contributed by atoms with Crippen LogP contribution in [0.4, 0.5) is 34.1 Å². The van der Waals surface area contributed by atoms with Crippen LogP contribution in [0.3, 0.4) is 0 Å². The molecule has 0 atom stereocenters. The number of hydrogen-bond acceptors (Lipinski definition) is 2. The van der Waals surface area contributed by atoms with Gasteiger partial charge in [-0.1, -0.05) is 181 Å². The van der Waals surface area contributed by atoms with Crippen molar-refractivity contribution in [1.29, 1.82) is 0 Å². The van der Waals surface area contributed by atoms with E-state index in [0.717, 1.165) is 78.7 Å². The number of nitrogens with zero attached hydrogens (tertiary/aromatic N) is 2. The second-order valence-electron chi connectivity index (χ2n) is 16.1. The minimum absolute atomic E-state index is 0.971. The summed E-state index contributed by atoms with van der Waals surface area (Å²) in [4.78, 5) is 4.61. The fraction of sp³-hybridized carbons (Fsp3) is 0.0667. The maximum atomic E-state index is 4.36. The van der Waals surface area contributed by atoms with E-state index in [4.69, 9.17) is 0 Å². The highest BCUT2D eigenvalue weighted by Crippen LogP contribution is 2.39. The lowest BCUT2D eigenvalue weighted by Gasteiger charge is -2.26. The SMILES string of the molecule is C=C(C=Cc1ccc(C)cc1)c1ccc(N(c2ccc(C)cc2)c2ccc(-c3ccc(N(c4ccc(C)cc4)c4ccc(C(=C)C=Cc5ccc(C)cc5)cc4)cc3)cc2)cc1. The third kappa shape index (κ3) is 9.84. The molecule has 62 heavy (non-hydrogen) atoms. The van der Waals surface area contributed by atoms with E-state index in [-0.39, 0.29) is 0 Å². The number of benzene rings is 8. The number of rotatable bonds is 13. The van der Waals surface area contributed by atoms with Gasteiger partial charge < -0.3 is 9.80 Å². The summed E-state index contributed by atoms with van der Waals surface area (Å²) in [6, 6.07) is 69.5. The van der Waals surface area contributed by atoms with Crippen LogP contribution in [0.2, 0.25) is 0 Å². The Morgan fingerprint density at radius 2 is 0.532 bits per heavy atom. The lowest BCUT2D eigenvalue weighted by molar-refractivity contribution is 1.27. The first-order chi connectivity index (χ1) is 30.2. The molecule has 0 saturated carbocycles. The van der Waals surface area contributed by atoms with E-state index in [2.05, 4.69) is 269 Å². The molecule has 2 heteroatoms. The quantitative estimate of drug-likeness (QED) is 0.107. The molecule has 2 nitrogen and oxygen atoms in total. The fourth-order valence-electron chi connectivity index (χ4n) is 7.48. The summed E-state index contributed by atoms with van der Waals surface area (Å²) in [5, 5.41) is 0. The van der Waals surface area contributed by atoms with Crippen molar-refractivity contribution < 1.29 is 0 Å². The van der Waals surface area contributed by atoms with Crippen molar-refractivity contribution in [3.8, 4) is 11.1 Å². The summed E-state index contributed by atoms with van der Waals surface area (Å²) in [7, 11) is 0. The monoisotopic (exact) mass is 800 g/mol. The summed E-state index contributed by atoms with van der Waals surface area (Å²) in [6.07, 6.45) is 8.41.